The summed E-state index contributed by atoms with van der Waals surface area (Å²) in [6, 6.07) is 0. The molecule has 1 aliphatic heterocycles. The number of fused-ring (bicyclic) bond motifs is 8. The van der Waals surface area contributed by atoms with E-state index >= 15 is 0 Å². The van der Waals surface area contributed by atoms with Crippen molar-refractivity contribution in [3.63, 3.8) is 0 Å². The van der Waals surface area contributed by atoms with Crippen molar-refractivity contribution in [3.8, 4) is 0 Å². The van der Waals surface area contributed by atoms with Gasteiger partial charge in [0.15, 0.2) is 6.67 Å². The third-order valence-corrected chi connectivity index (χ3v) is 14.8. The molecule has 0 bridgehead atoms. The third-order valence-electron chi connectivity index (χ3n) is 14.8. The van der Waals surface area contributed by atoms with E-state index < -0.39 is 29.5 Å². The topological polar surface area (TPSA) is 66.8 Å². The maximum atomic E-state index is 13.8. The first-order valence-corrected chi connectivity index (χ1v) is 15.4. The minimum absolute atomic E-state index is 0.00917. The second kappa shape index (κ2) is 8.19. The predicted molar refractivity (Wildman–Crippen MR) is 144 cm³/mol. The Morgan fingerprint density at radius 3 is 2.26 bits per heavy atom. The van der Waals surface area contributed by atoms with E-state index in [4.69, 9.17) is 4.74 Å². The normalized spacial score (nSPS) is 52.8. The van der Waals surface area contributed by atoms with E-state index in [1.807, 2.05) is 0 Å². The van der Waals surface area contributed by atoms with Gasteiger partial charge in [-0.2, -0.15) is 0 Å². The highest BCUT2D eigenvalue weighted by atomic mass is 19.1. The van der Waals surface area contributed by atoms with E-state index in [9.17, 15) is 19.1 Å². The van der Waals surface area contributed by atoms with Crippen LogP contribution in [-0.4, -0.2) is 53.9 Å². The van der Waals surface area contributed by atoms with E-state index in [0.717, 1.165) is 25.2 Å². The van der Waals surface area contributed by atoms with Crippen LogP contribution in [0.15, 0.2) is 0 Å². The van der Waals surface area contributed by atoms with Gasteiger partial charge in [-0.15, -0.1) is 0 Å². The number of nitrogens with zero attached hydrogens (tertiary/aromatic N) is 1. The summed E-state index contributed by atoms with van der Waals surface area (Å²) < 4.78 is 19.8. The number of carbonyl (C=O) groups excluding carboxylic acids is 1. The summed E-state index contributed by atoms with van der Waals surface area (Å²) in [5, 5.41) is 10.8. The molecule has 6 aliphatic rings. The number of ether oxygens (including phenoxy) is 1. The smallest absolute Gasteiger partial charge is 0.310 e. The molecule has 1 saturated heterocycles. The van der Waals surface area contributed by atoms with Crippen LogP contribution in [-0.2, 0) is 14.3 Å². The maximum absolute atomic E-state index is 13.8. The first-order chi connectivity index (χ1) is 17.8. The molecular weight excluding hydrogens is 481 g/mol. The number of hydrogen-bond acceptors (Lipinski definition) is 3. The molecule has 214 valence electrons. The van der Waals surface area contributed by atoms with Crippen molar-refractivity contribution in [1.82, 2.24) is 4.90 Å². The van der Waals surface area contributed by atoms with Crippen molar-refractivity contribution in [2.24, 2.45) is 50.7 Å². The number of rotatable bonds is 3. The summed E-state index contributed by atoms with van der Waals surface area (Å²) in [5.41, 5.74) is -0.737. The Kier molecular flexibility index (Phi) is 5.83. The number of amides is 1. The molecule has 1 amide bonds. The van der Waals surface area contributed by atoms with Crippen molar-refractivity contribution in [2.75, 3.05) is 20.3 Å². The van der Waals surface area contributed by atoms with Gasteiger partial charge < -0.3 is 14.7 Å². The van der Waals surface area contributed by atoms with Gasteiger partial charge in [-0.3, -0.25) is 9.59 Å². The van der Waals surface area contributed by atoms with Crippen LogP contribution in [0.3, 0.4) is 0 Å². The molecule has 6 heteroatoms. The fourth-order valence-electron chi connectivity index (χ4n) is 13.0. The Bertz CT molecular complexity index is 1030. The summed E-state index contributed by atoms with van der Waals surface area (Å²) in [6.07, 6.45) is 11.1. The lowest BCUT2D eigenvalue weighted by atomic mass is 9.32. The second-order valence-corrected chi connectivity index (χ2v) is 15.8. The molecule has 5 aliphatic carbocycles. The molecule has 0 aromatic heterocycles. The van der Waals surface area contributed by atoms with E-state index in [1.165, 1.54) is 32.1 Å². The molecule has 1 heterocycles. The van der Waals surface area contributed by atoms with Gasteiger partial charge >= 0.3 is 5.97 Å². The lowest BCUT2D eigenvalue weighted by molar-refractivity contribution is -0.263. The minimum Gasteiger partial charge on any atom is -0.481 e. The van der Waals surface area contributed by atoms with Crippen LogP contribution in [0.25, 0.3) is 0 Å². The van der Waals surface area contributed by atoms with Crippen LogP contribution >= 0.6 is 0 Å². The highest BCUT2D eigenvalue weighted by molar-refractivity contribution is 5.81. The van der Waals surface area contributed by atoms with Crippen LogP contribution in [0.2, 0.25) is 0 Å². The fourth-order valence-corrected chi connectivity index (χ4v) is 13.0. The lowest BCUT2D eigenvalue weighted by Gasteiger charge is -2.74. The molecule has 0 radical (unpaired) electrons. The summed E-state index contributed by atoms with van der Waals surface area (Å²) in [5.74, 6) is 0.167. The molecule has 38 heavy (non-hydrogen) atoms. The standard InChI is InChI=1S/C32H50FNO4/c1-27(2)11-7-12-28(3)21(27)10-13-30(5)22(28)9-8-20-25-31(26(36)37,15-14-29(20,30)4)16-17-32(25)23(38-6)19-34(32)24(35)18-33/h20-23,25H,7-19H2,1-6H3,(H,36,37)/t20?,21?,22?,23?,25?,28?,29-,30?,31?,32?/m1/s1. The highest BCUT2D eigenvalue weighted by Gasteiger charge is 2.78. The summed E-state index contributed by atoms with van der Waals surface area (Å²) >= 11 is 0. The number of methoxy groups -OCH3 is 1. The van der Waals surface area contributed by atoms with Gasteiger partial charge in [-0.25, -0.2) is 4.39 Å². The summed E-state index contributed by atoms with van der Waals surface area (Å²) in [4.78, 5) is 27.8. The predicted octanol–water partition coefficient (Wildman–Crippen LogP) is 6.49. The summed E-state index contributed by atoms with van der Waals surface area (Å²) in [7, 11) is 1.68. The SMILES string of the molecule is COC1CN(C(=O)CF)C12CCC1(C(=O)O)CC[C@]3(C)C(CCC4C5(C)CCCC(C)(C)C5CCC43C)C12. The minimum atomic E-state index is -1.03. The Labute approximate surface area is 228 Å². The van der Waals surface area contributed by atoms with E-state index in [1.54, 1.807) is 12.0 Å². The first kappa shape index (κ1) is 27.0. The number of carbonyl (C=O) groups is 2. The molecule has 1 N–H and O–H groups in total. The maximum Gasteiger partial charge on any atom is 0.310 e. The average Bonchev–Trinajstić information content (AvgIpc) is 3.22. The zero-order valence-electron chi connectivity index (χ0n) is 24.6. The molecule has 9 unspecified atom stereocenters. The monoisotopic (exact) mass is 531 g/mol. The van der Waals surface area contributed by atoms with Crippen molar-refractivity contribution in [2.45, 2.75) is 117 Å². The number of aliphatic carboxylic acids is 1. The number of carboxylic acid groups (broad SMARTS) is 1. The van der Waals surface area contributed by atoms with Gasteiger partial charge in [0.25, 0.3) is 5.91 Å². The quantitative estimate of drug-likeness (QED) is 0.452. The molecule has 1 spiro atoms. The van der Waals surface area contributed by atoms with Gasteiger partial charge in [0, 0.05) is 19.6 Å². The van der Waals surface area contributed by atoms with Crippen LogP contribution in [0.4, 0.5) is 4.39 Å². The van der Waals surface area contributed by atoms with Crippen molar-refractivity contribution < 1.29 is 23.8 Å². The van der Waals surface area contributed by atoms with E-state index in [0.29, 0.717) is 42.6 Å². The number of hydrogen-bond donors (Lipinski definition) is 1. The second-order valence-electron chi connectivity index (χ2n) is 15.8. The molecule has 6 rings (SSSR count). The first-order valence-electron chi connectivity index (χ1n) is 15.4. The number of halogens is 1. The lowest BCUT2D eigenvalue weighted by Crippen LogP contribution is -2.78. The van der Waals surface area contributed by atoms with Gasteiger partial charge in [-0.05, 0) is 104 Å². The van der Waals surface area contributed by atoms with Crippen molar-refractivity contribution in [3.05, 3.63) is 0 Å². The number of likely N-dealkylation sites (tertiary alicyclic amines) is 1. The van der Waals surface area contributed by atoms with Crippen LogP contribution < -0.4 is 0 Å². The molecule has 5 nitrogen and oxygen atoms in total. The molecule has 6 fully saturated rings. The van der Waals surface area contributed by atoms with Gasteiger partial charge in [-0.1, -0.05) is 41.0 Å². The van der Waals surface area contributed by atoms with Gasteiger partial charge in [0.2, 0.25) is 0 Å². The Morgan fingerprint density at radius 1 is 0.895 bits per heavy atom. The molecule has 0 aromatic rings. The Morgan fingerprint density at radius 2 is 1.61 bits per heavy atom. The third kappa shape index (κ3) is 2.92. The average molecular weight is 532 g/mol. The highest BCUT2D eigenvalue weighted by Crippen LogP contribution is 2.78. The van der Waals surface area contributed by atoms with Crippen molar-refractivity contribution >= 4 is 11.9 Å². The molecular formula is C32H50FNO4. The summed E-state index contributed by atoms with van der Waals surface area (Å²) in [6.45, 7) is 12.0. The molecule has 10 atom stereocenters. The Hall–Kier alpha value is -1.17. The zero-order valence-corrected chi connectivity index (χ0v) is 24.6. The van der Waals surface area contributed by atoms with Crippen LogP contribution in [0.5, 0.6) is 0 Å². The molecule has 5 saturated carbocycles. The van der Waals surface area contributed by atoms with Gasteiger partial charge in [0.1, 0.15) is 0 Å². The number of carboxylic acids is 1. The molecule has 0 aromatic carbocycles. The number of alkyl halides is 1. The van der Waals surface area contributed by atoms with Crippen molar-refractivity contribution in [1.29, 1.82) is 0 Å². The van der Waals surface area contributed by atoms with Crippen LogP contribution in [0, 0.1) is 50.7 Å². The van der Waals surface area contributed by atoms with Crippen LogP contribution in [0.1, 0.15) is 105 Å². The Balaban J connectivity index is 1.45. The largest absolute Gasteiger partial charge is 0.481 e. The van der Waals surface area contributed by atoms with E-state index in [-0.39, 0.29) is 28.8 Å². The van der Waals surface area contributed by atoms with Gasteiger partial charge in [0.05, 0.1) is 17.1 Å². The zero-order chi connectivity index (χ0) is 27.5. The fraction of sp³-hybridized carbons (Fsp3) is 0.938. The van der Waals surface area contributed by atoms with E-state index in [2.05, 4.69) is 34.6 Å².